The van der Waals surface area contributed by atoms with E-state index in [0.29, 0.717) is 11.4 Å². The molecule has 25 heavy (non-hydrogen) atoms. The van der Waals surface area contributed by atoms with Gasteiger partial charge in [0.05, 0.1) is 12.0 Å². The lowest BCUT2D eigenvalue weighted by molar-refractivity contribution is -0.142. The molecule has 0 radical (unpaired) electrons. The van der Waals surface area contributed by atoms with Crippen molar-refractivity contribution < 1.29 is 19.5 Å². The maximum Gasteiger partial charge on any atom is 0.326 e. The van der Waals surface area contributed by atoms with Crippen LogP contribution in [0.1, 0.15) is 39.7 Å². The normalized spacial score (nSPS) is 12.6. The number of halogens is 1. The maximum atomic E-state index is 12.4. The summed E-state index contributed by atoms with van der Waals surface area (Å²) < 4.78 is 0. The molecule has 1 atom stereocenters. The van der Waals surface area contributed by atoms with Crippen molar-refractivity contribution in [2.24, 2.45) is 5.92 Å². The molecule has 0 unspecified atom stereocenters. The first-order valence-electron chi connectivity index (χ1n) is 8.10. The average molecular weight is 369 g/mol. The quantitative estimate of drug-likeness (QED) is 0.656. The number of rotatable bonds is 8. The van der Waals surface area contributed by atoms with Crippen molar-refractivity contribution in [3.8, 4) is 0 Å². The van der Waals surface area contributed by atoms with Gasteiger partial charge in [-0.3, -0.25) is 9.59 Å². The molecule has 0 bridgehead atoms. The lowest BCUT2D eigenvalue weighted by atomic mass is 9.84. The molecule has 0 aliphatic heterocycles. The van der Waals surface area contributed by atoms with Gasteiger partial charge in [0.25, 0.3) is 0 Å². The van der Waals surface area contributed by atoms with E-state index in [0.717, 1.165) is 5.56 Å². The van der Waals surface area contributed by atoms with Crippen LogP contribution in [-0.4, -0.2) is 35.5 Å². The zero-order chi connectivity index (χ0) is 19.2. The third-order valence-corrected chi connectivity index (χ3v) is 4.10. The lowest BCUT2D eigenvalue weighted by Gasteiger charge is -2.24. The monoisotopic (exact) mass is 368 g/mol. The van der Waals surface area contributed by atoms with Gasteiger partial charge < -0.3 is 15.7 Å². The van der Waals surface area contributed by atoms with Crippen LogP contribution in [0.25, 0.3) is 0 Å². The first-order chi connectivity index (χ1) is 11.5. The Bertz CT molecular complexity index is 644. The van der Waals surface area contributed by atoms with Crippen LogP contribution < -0.4 is 10.6 Å². The third kappa shape index (κ3) is 6.38. The molecule has 1 rings (SSSR count). The Morgan fingerprint density at radius 3 is 2.40 bits per heavy atom. The Morgan fingerprint density at radius 2 is 1.88 bits per heavy atom. The van der Waals surface area contributed by atoms with Gasteiger partial charge in [-0.25, -0.2) is 4.79 Å². The molecule has 0 saturated carbocycles. The maximum absolute atomic E-state index is 12.4. The molecule has 0 fully saturated rings. The summed E-state index contributed by atoms with van der Waals surface area (Å²) in [6.45, 7) is 6.91. The molecule has 0 heterocycles. The molecule has 0 spiro atoms. The van der Waals surface area contributed by atoms with Gasteiger partial charge in [-0.15, -0.1) is 0 Å². The van der Waals surface area contributed by atoms with E-state index in [4.69, 9.17) is 16.7 Å². The van der Waals surface area contributed by atoms with E-state index in [1.165, 1.54) is 0 Å². The molecule has 3 N–H and O–H groups in total. The second kappa shape index (κ2) is 8.85. The first kappa shape index (κ1) is 21.0. The van der Waals surface area contributed by atoms with Crippen LogP contribution in [-0.2, 0) is 19.8 Å². The topological polar surface area (TPSA) is 95.5 Å². The number of carbonyl (C=O) groups is 3. The lowest BCUT2D eigenvalue weighted by Crippen LogP contribution is -2.48. The standard InChI is InChI=1S/C18H25ClN2O4/c1-11(2)8-14(16(23)24)21-15(22)10-20-17(25)18(3,4)12-6-5-7-13(19)9-12/h5-7,9,11,14H,8,10H2,1-4H3,(H,20,25)(H,21,22)(H,23,24)/t14-/m0/s1. The van der Waals surface area contributed by atoms with Crippen molar-refractivity contribution in [1.82, 2.24) is 10.6 Å². The molecule has 6 nitrogen and oxygen atoms in total. The van der Waals surface area contributed by atoms with Gasteiger partial charge in [0.2, 0.25) is 11.8 Å². The third-order valence-electron chi connectivity index (χ3n) is 3.86. The molecule has 0 aliphatic carbocycles. The number of nitrogens with one attached hydrogen (secondary N) is 2. The summed E-state index contributed by atoms with van der Waals surface area (Å²) in [5.74, 6) is -1.85. The minimum absolute atomic E-state index is 0.123. The largest absolute Gasteiger partial charge is 0.480 e. The molecule has 0 aliphatic rings. The number of carboxylic acids is 1. The zero-order valence-corrected chi connectivity index (χ0v) is 15.7. The summed E-state index contributed by atoms with van der Waals surface area (Å²) in [7, 11) is 0. The predicted octanol–water partition coefficient (Wildman–Crippen LogP) is 2.35. The van der Waals surface area contributed by atoms with Gasteiger partial charge in [0.1, 0.15) is 6.04 Å². The summed E-state index contributed by atoms with van der Waals surface area (Å²) in [6, 6.07) is 5.99. The minimum Gasteiger partial charge on any atom is -0.480 e. The highest BCUT2D eigenvalue weighted by molar-refractivity contribution is 6.30. The van der Waals surface area contributed by atoms with E-state index in [-0.39, 0.29) is 18.4 Å². The van der Waals surface area contributed by atoms with Crippen LogP contribution >= 0.6 is 11.6 Å². The van der Waals surface area contributed by atoms with E-state index in [1.807, 2.05) is 13.8 Å². The summed E-state index contributed by atoms with van der Waals surface area (Å²) in [5.41, 5.74) is -0.156. The summed E-state index contributed by atoms with van der Waals surface area (Å²) >= 11 is 5.96. The summed E-state index contributed by atoms with van der Waals surface area (Å²) in [4.78, 5) is 35.5. The van der Waals surface area contributed by atoms with Gasteiger partial charge in [-0.2, -0.15) is 0 Å². The molecule has 1 aromatic carbocycles. The number of aliphatic carboxylic acids is 1. The molecular formula is C18H25ClN2O4. The van der Waals surface area contributed by atoms with Crippen molar-refractivity contribution in [2.45, 2.75) is 45.6 Å². The van der Waals surface area contributed by atoms with Crippen LogP contribution in [0.2, 0.25) is 5.02 Å². The Balaban J connectivity index is 2.65. The van der Waals surface area contributed by atoms with Crippen LogP contribution in [0.15, 0.2) is 24.3 Å². The zero-order valence-electron chi connectivity index (χ0n) is 14.9. The van der Waals surface area contributed by atoms with Gasteiger partial charge in [0, 0.05) is 5.02 Å². The highest BCUT2D eigenvalue weighted by Crippen LogP contribution is 2.25. The summed E-state index contributed by atoms with van der Waals surface area (Å²) in [6.07, 6.45) is 0.322. The average Bonchev–Trinajstić information content (AvgIpc) is 2.51. The number of hydrogen-bond acceptors (Lipinski definition) is 3. The number of amides is 2. The van der Waals surface area contributed by atoms with E-state index >= 15 is 0 Å². The summed E-state index contributed by atoms with van der Waals surface area (Å²) in [5, 5.41) is 14.6. The van der Waals surface area contributed by atoms with Crippen molar-refractivity contribution >= 4 is 29.4 Å². The number of hydrogen-bond donors (Lipinski definition) is 3. The molecule has 7 heteroatoms. The van der Waals surface area contributed by atoms with E-state index < -0.39 is 23.3 Å². The highest BCUT2D eigenvalue weighted by Gasteiger charge is 2.30. The molecular weight excluding hydrogens is 344 g/mol. The minimum atomic E-state index is -1.09. The SMILES string of the molecule is CC(C)C[C@H](NC(=O)CNC(=O)C(C)(C)c1cccc(Cl)c1)C(=O)O. The van der Waals surface area contributed by atoms with Crippen molar-refractivity contribution in [1.29, 1.82) is 0 Å². The smallest absolute Gasteiger partial charge is 0.326 e. The van der Waals surface area contributed by atoms with Crippen molar-refractivity contribution in [3.63, 3.8) is 0 Å². The molecule has 0 aromatic heterocycles. The Morgan fingerprint density at radius 1 is 1.24 bits per heavy atom. The second-order valence-electron chi connectivity index (χ2n) is 6.91. The Labute approximate surface area is 152 Å². The highest BCUT2D eigenvalue weighted by atomic mass is 35.5. The van der Waals surface area contributed by atoms with E-state index in [1.54, 1.807) is 38.1 Å². The van der Waals surface area contributed by atoms with Gasteiger partial charge >= 0.3 is 5.97 Å². The number of carboxylic acid groups (broad SMARTS) is 1. The fraction of sp³-hybridized carbons (Fsp3) is 0.500. The van der Waals surface area contributed by atoms with E-state index in [2.05, 4.69) is 10.6 Å². The predicted molar refractivity (Wildman–Crippen MR) is 96.5 cm³/mol. The van der Waals surface area contributed by atoms with Crippen LogP contribution in [0.4, 0.5) is 0 Å². The van der Waals surface area contributed by atoms with Gasteiger partial charge in [0.15, 0.2) is 0 Å². The van der Waals surface area contributed by atoms with Gasteiger partial charge in [-0.05, 0) is 43.9 Å². The molecule has 0 saturated heterocycles. The van der Waals surface area contributed by atoms with Crippen LogP contribution in [0, 0.1) is 5.92 Å². The van der Waals surface area contributed by atoms with E-state index in [9.17, 15) is 14.4 Å². The first-order valence-corrected chi connectivity index (χ1v) is 8.48. The van der Waals surface area contributed by atoms with Gasteiger partial charge in [-0.1, -0.05) is 37.6 Å². The van der Waals surface area contributed by atoms with Crippen LogP contribution in [0.5, 0.6) is 0 Å². The number of benzene rings is 1. The molecule has 138 valence electrons. The fourth-order valence-corrected chi connectivity index (χ4v) is 2.52. The Hall–Kier alpha value is -2.08. The van der Waals surface area contributed by atoms with Crippen molar-refractivity contribution in [3.05, 3.63) is 34.9 Å². The fourth-order valence-electron chi connectivity index (χ4n) is 2.33. The molecule has 1 aromatic rings. The van der Waals surface area contributed by atoms with Crippen molar-refractivity contribution in [2.75, 3.05) is 6.54 Å². The van der Waals surface area contributed by atoms with Crippen LogP contribution in [0.3, 0.4) is 0 Å². The second-order valence-corrected chi connectivity index (χ2v) is 7.34. The Kier molecular flexibility index (Phi) is 7.42. The number of carbonyl (C=O) groups excluding carboxylic acids is 2. The molecule has 2 amide bonds.